The molecule has 1 aliphatic heterocycles. The first-order valence-corrected chi connectivity index (χ1v) is 8.32. The van der Waals surface area contributed by atoms with E-state index < -0.39 is 11.9 Å². The number of likely N-dealkylation sites (N-methyl/N-ethyl adjacent to an activating group) is 1. The number of oxazole rings is 1. The Bertz CT molecular complexity index is 638. The summed E-state index contributed by atoms with van der Waals surface area (Å²) >= 11 is 0. The van der Waals surface area contributed by atoms with Crippen molar-refractivity contribution in [3.8, 4) is 0 Å². The van der Waals surface area contributed by atoms with E-state index in [-0.39, 0.29) is 24.1 Å². The fourth-order valence-electron chi connectivity index (χ4n) is 2.93. The Morgan fingerprint density at radius 2 is 2.12 bits per heavy atom. The van der Waals surface area contributed by atoms with Crippen molar-refractivity contribution >= 4 is 17.7 Å². The van der Waals surface area contributed by atoms with Gasteiger partial charge >= 0.3 is 0 Å². The fourth-order valence-corrected chi connectivity index (χ4v) is 2.93. The average molecular weight is 334 g/mol. The SMILES string of the molecule is CNC(=O)[C@@H]1CCCN1C(=O)CNC(=O)c1coc(CC2CC2)n1. The number of amides is 3. The summed E-state index contributed by atoms with van der Waals surface area (Å²) in [7, 11) is 1.55. The molecule has 1 aromatic rings. The van der Waals surface area contributed by atoms with Crippen LogP contribution in [0, 0.1) is 5.92 Å². The number of rotatable bonds is 6. The van der Waals surface area contributed by atoms with Crippen molar-refractivity contribution < 1.29 is 18.8 Å². The van der Waals surface area contributed by atoms with E-state index in [0.717, 1.165) is 12.8 Å². The first-order valence-electron chi connectivity index (χ1n) is 8.32. The summed E-state index contributed by atoms with van der Waals surface area (Å²) in [6.45, 7) is 0.374. The Morgan fingerprint density at radius 3 is 2.83 bits per heavy atom. The molecule has 1 atom stereocenters. The van der Waals surface area contributed by atoms with Crippen molar-refractivity contribution in [2.45, 2.75) is 38.1 Å². The first kappa shape index (κ1) is 16.5. The zero-order valence-electron chi connectivity index (χ0n) is 13.7. The number of nitrogens with zero attached hydrogens (tertiary/aromatic N) is 2. The Balaban J connectivity index is 1.50. The maximum absolute atomic E-state index is 12.3. The van der Waals surface area contributed by atoms with Gasteiger partial charge in [-0.3, -0.25) is 14.4 Å². The third-order valence-electron chi connectivity index (χ3n) is 4.47. The minimum Gasteiger partial charge on any atom is -0.448 e. The van der Waals surface area contributed by atoms with Crippen LogP contribution in [0.3, 0.4) is 0 Å². The Morgan fingerprint density at radius 1 is 1.33 bits per heavy atom. The van der Waals surface area contributed by atoms with Gasteiger partial charge in [0, 0.05) is 20.0 Å². The van der Waals surface area contributed by atoms with Crippen LogP contribution in [-0.4, -0.2) is 53.8 Å². The van der Waals surface area contributed by atoms with Crippen LogP contribution >= 0.6 is 0 Å². The highest BCUT2D eigenvalue weighted by Gasteiger charge is 2.33. The monoisotopic (exact) mass is 334 g/mol. The lowest BCUT2D eigenvalue weighted by atomic mass is 10.2. The second kappa shape index (κ2) is 7.02. The van der Waals surface area contributed by atoms with Crippen molar-refractivity contribution in [1.82, 2.24) is 20.5 Å². The van der Waals surface area contributed by atoms with Gasteiger partial charge < -0.3 is 20.0 Å². The van der Waals surface area contributed by atoms with Crippen LogP contribution in [0.1, 0.15) is 42.1 Å². The van der Waals surface area contributed by atoms with Gasteiger partial charge in [0.2, 0.25) is 11.8 Å². The summed E-state index contributed by atoms with van der Waals surface area (Å²) in [5.41, 5.74) is 0.183. The molecular weight excluding hydrogens is 312 g/mol. The zero-order chi connectivity index (χ0) is 17.1. The normalized spacial score (nSPS) is 20.0. The van der Waals surface area contributed by atoms with Crippen molar-refractivity contribution in [1.29, 1.82) is 0 Å². The summed E-state index contributed by atoms with van der Waals surface area (Å²) in [6, 6.07) is -0.448. The average Bonchev–Trinajstić information content (AvgIpc) is 3.07. The maximum Gasteiger partial charge on any atom is 0.273 e. The van der Waals surface area contributed by atoms with Crippen LogP contribution in [-0.2, 0) is 16.0 Å². The molecule has 0 radical (unpaired) electrons. The Hall–Kier alpha value is -2.38. The molecule has 3 rings (SSSR count). The molecule has 2 N–H and O–H groups in total. The molecule has 2 fully saturated rings. The molecule has 2 aliphatic rings. The molecule has 8 nitrogen and oxygen atoms in total. The van der Waals surface area contributed by atoms with Crippen molar-refractivity contribution in [3.05, 3.63) is 17.8 Å². The Kier molecular flexibility index (Phi) is 4.82. The molecule has 0 bridgehead atoms. The smallest absolute Gasteiger partial charge is 0.273 e. The molecule has 8 heteroatoms. The number of likely N-dealkylation sites (tertiary alicyclic amines) is 1. The maximum atomic E-state index is 12.3. The molecule has 0 spiro atoms. The largest absolute Gasteiger partial charge is 0.448 e. The van der Waals surface area contributed by atoms with Gasteiger partial charge in [-0.2, -0.15) is 0 Å². The lowest BCUT2D eigenvalue weighted by Gasteiger charge is -2.23. The minimum absolute atomic E-state index is 0.156. The molecule has 130 valence electrons. The summed E-state index contributed by atoms with van der Waals surface area (Å²) < 4.78 is 5.29. The predicted octanol–water partition coefficient (Wildman–Crippen LogP) is 0.0939. The molecule has 1 aromatic heterocycles. The molecule has 1 aliphatic carbocycles. The lowest BCUT2D eigenvalue weighted by molar-refractivity contribution is -0.137. The van der Waals surface area contributed by atoms with Crippen molar-refractivity contribution in [3.63, 3.8) is 0 Å². The zero-order valence-corrected chi connectivity index (χ0v) is 13.7. The standard InChI is InChI=1S/C16H22N4O4/c1-17-16(23)12-3-2-6-20(12)14(21)8-18-15(22)11-9-24-13(19-11)7-10-4-5-10/h9-10,12H,2-8H2,1H3,(H,17,23)(H,18,22)/t12-/m0/s1. The molecule has 0 unspecified atom stereocenters. The lowest BCUT2D eigenvalue weighted by Crippen LogP contribution is -2.48. The van der Waals surface area contributed by atoms with E-state index >= 15 is 0 Å². The molecular formula is C16H22N4O4. The number of hydrogen-bond acceptors (Lipinski definition) is 5. The van der Waals surface area contributed by atoms with Gasteiger partial charge in [-0.25, -0.2) is 4.98 Å². The number of nitrogens with one attached hydrogen (secondary N) is 2. The number of carbonyl (C=O) groups excluding carboxylic acids is 3. The second-order valence-electron chi connectivity index (χ2n) is 6.32. The van der Waals surface area contributed by atoms with Gasteiger partial charge in [0.15, 0.2) is 11.6 Å². The van der Waals surface area contributed by atoms with E-state index in [1.54, 1.807) is 7.05 Å². The summed E-state index contributed by atoms with van der Waals surface area (Å²) in [5.74, 6) is 0.306. The summed E-state index contributed by atoms with van der Waals surface area (Å²) in [4.78, 5) is 41.8. The van der Waals surface area contributed by atoms with Gasteiger partial charge in [0.25, 0.3) is 5.91 Å². The van der Waals surface area contributed by atoms with Gasteiger partial charge in [-0.15, -0.1) is 0 Å². The highest BCUT2D eigenvalue weighted by atomic mass is 16.3. The first-order chi connectivity index (χ1) is 11.6. The summed E-state index contributed by atoms with van der Waals surface area (Å²) in [6.07, 6.45) is 5.87. The quantitative estimate of drug-likeness (QED) is 0.767. The van der Waals surface area contributed by atoms with Crippen LogP contribution in [0.5, 0.6) is 0 Å². The topological polar surface area (TPSA) is 105 Å². The van der Waals surface area contributed by atoms with Crippen LogP contribution in [0.4, 0.5) is 0 Å². The second-order valence-corrected chi connectivity index (χ2v) is 6.32. The predicted molar refractivity (Wildman–Crippen MR) is 84.1 cm³/mol. The highest BCUT2D eigenvalue weighted by molar-refractivity contribution is 5.95. The highest BCUT2D eigenvalue weighted by Crippen LogP contribution is 2.32. The van der Waals surface area contributed by atoms with E-state index in [1.807, 2.05) is 0 Å². The number of hydrogen-bond donors (Lipinski definition) is 2. The van der Waals surface area contributed by atoms with Crippen molar-refractivity contribution in [2.24, 2.45) is 5.92 Å². The van der Waals surface area contributed by atoms with E-state index in [0.29, 0.717) is 24.8 Å². The molecule has 3 amide bonds. The van der Waals surface area contributed by atoms with Crippen LogP contribution < -0.4 is 10.6 Å². The molecule has 0 aromatic carbocycles. The van der Waals surface area contributed by atoms with Gasteiger partial charge in [-0.05, 0) is 31.6 Å². The molecule has 24 heavy (non-hydrogen) atoms. The summed E-state index contributed by atoms with van der Waals surface area (Å²) in [5, 5.41) is 5.11. The molecule has 1 saturated carbocycles. The Labute approximate surface area is 140 Å². The third kappa shape index (κ3) is 3.74. The third-order valence-corrected chi connectivity index (χ3v) is 4.47. The van der Waals surface area contributed by atoms with E-state index in [1.165, 1.54) is 24.0 Å². The van der Waals surface area contributed by atoms with Gasteiger partial charge in [-0.1, -0.05) is 0 Å². The van der Waals surface area contributed by atoms with Crippen molar-refractivity contribution in [2.75, 3.05) is 20.1 Å². The van der Waals surface area contributed by atoms with Crippen LogP contribution in [0.15, 0.2) is 10.7 Å². The fraction of sp³-hybridized carbons (Fsp3) is 0.625. The van der Waals surface area contributed by atoms with Gasteiger partial charge in [0.1, 0.15) is 12.3 Å². The minimum atomic E-state index is -0.448. The van der Waals surface area contributed by atoms with E-state index in [9.17, 15) is 14.4 Å². The molecule has 1 saturated heterocycles. The number of carbonyl (C=O) groups is 3. The van der Waals surface area contributed by atoms with Gasteiger partial charge in [0.05, 0.1) is 6.54 Å². The van der Waals surface area contributed by atoms with Crippen LogP contribution in [0.2, 0.25) is 0 Å². The van der Waals surface area contributed by atoms with E-state index in [4.69, 9.17) is 4.42 Å². The molecule has 2 heterocycles. The van der Waals surface area contributed by atoms with E-state index in [2.05, 4.69) is 15.6 Å². The van der Waals surface area contributed by atoms with Crippen LogP contribution in [0.25, 0.3) is 0 Å². The number of aromatic nitrogens is 1.